The van der Waals surface area contributed by atoms with E-state index in [0.717, 1.165) is 5.69 Å². The van der Waals surface area contributed by atoms with Crippen LogP contribution in [0.15, 0.2) is 55.0 Å². The number of carbonyl (C=O) groups excluding carboxylic acids is 1. The Morgan fingerprint density at radius 3 is 2.79 bits per heavy atom. The predicted molar refractivity (Wildman–Crippen MR) is 89.9 cm³/mol. The molecule has 2 aromatic heterocycles. The van der Waals surface area contributed by atoms with E-state index in [0.29, 0.717) is 17.0 Å². The number of aryl methyl sites for hydroxylation is 1. The van der Waals surface area contributed by atoms with E-state index >= 15 is 0 Å². The maximum absolute atomic E-state index is 12.2. The highest BCUT2D eigenvalue weighted by molar-refractivity contribution is 6.04. The third-order valence-electron chi connectivity index (χ3n) is 3.11. The van der Waals surface area contributed by atoms with Crippen LogP contribution in [0.2, 0.25) is 0 Å². The molecule has 24 heavy (non-hydrogen) atoms. The molecule has 0 fully saturated rings. The Balaban J connectivity index is 1.73. The summed E-state index contributed by atoms with van der Waals surface area (Å²) in [4.78, 5) is 24.5. The smallest absolute Gasteiger partial charge is 0.256 e. The van der Waals surface area contributed by atoms with Crippen molar-refractivity contribution in [3.63, 3.8) is 0 Å². The maximum atomic E-state index is 12.2. The molecule has 0 atom stereocenters. The average molecular weight is 321 g/mol. The van der Waals surface area contributed by atoms with Crippen LogP contribution in [0, 0.1) is 6.92 Å². The summed E-state index contributed by atoms with van der Waals surface area (Å²) in [6, 6.07) is 10.3. The number of nitrogen functional groups attached to an aromatic ring is 1. The first kappa shape index (κ1) is 15.4. The molecule has 7 heteroatoms. The fraction of sp³-hybridized carbons (Fsp3) is 0.0588. The van der Waals surface area contributed by atoms with Gasteiger partial charge in [-0.1, -0.05) is 6.07 Å². The molecule has 120 valence electrons. The number of rotatable bonds is 4. The highest BCUT2D eigenvalue weighted by Gasteiger charge is 2.09. The van der Waals surface area contributed by atoms with Gasteiger partial charge in [0, 0.05) is 16.9 Å². The van der Waals surface area contributed by atoms with E-state index in [4.69, 9.17) is 10.5 Å². The zero-order chi connectivity index (χ0) is 16.9. The van der Waals surface area contributed by atoms with E-state index in [2.05, 4.69) is 20.3 Å². The number of anilines is 2. The molecule has 0 bridgehead atoms. The molecule has 0 spiro atoms. The third-order valence-corrected chi connectivity index (χ3v) is 3.11. The fourth-order valence-electron chi connectivity index (χ4n) is 1.96. The van der Waals surface area contributed by atoms with Gasteiger partial charge in [0.2, 0.25) is 5.88 Å². The number of pyridine rings is 1. The largest absolute Gasteiger partial charge is 0.436 e. The second-order valence-electron chi connectivity index (χ2n) is 5.06. The number of nitrogens with two attached hydrogens (primary N) is 1. The Morgan fingerprint density at radius 2 is 2.04 bits per heavy atom. The summed E-state index contributed by atoms with van der Waals surface area (Å²) < 4.78 is 5.57. The molecule has 0 aliphatic rings. The molecule has 1 amide bonds. The van der Waals surface area contributed by atoms with Crippen molar-refractivity contribution in [2.45, 2.75) is 6.92 Å². The van der Waals surface area contributed by atoms with Gasteiger partial charge in [-0.25, -0.2) is 0 Å². The van der Waals surface area contributed by atoms with Gasteiger partial charge < -0.3 is 15.8 Å². The Hall–Kier alpha value is -3.48. The highest BCUT2D eigenvalue weighted by atomic mass is 16.5. The van der Waals surface area contributed by atoms with Gasteiger partial charge in [0.05, 0.1) is 18.6 Å². The number of carbonyl (C=O) groups is 1. The number of amides is 1. The lowest BCUT2D eigenvalue weighted by molar-refractivity contribution is 0.102. The lowest BCUT2D eigenvalue weighted by atomic mass is 10.2. The van der Waals surface area contributed by atoms with Crippen molar-refractivity contribution in [3.05, 3.63) is 66.2 Å². The summed E-state index contributed by atoms with van der Waals surface area (Å²) in [5, 5.41) is 2.66. The summed E-state index contributed by atoms with van der Waals surface area (Å²) in [5.74, 6) is 0.742. The Labute approximate surface area is 138 Å². The second-order valence-corrected chi connectivity index (χ2v) is 5.06. The quantitative estimate of drug-likeness (QED) is 0.716. The normalized spacial score (nSPS) is 10.2. The standard InChI is InChI=1S/C17H15N5O2/c1-11-5-6-14(8-20-11)24-16-10-19-9-15(21-16)22-17(23)12-3-2-4-13(18)7-12/h2-10H,18H2,1H3,(H,21,22,23). The molecule has 0 saturated heterocycles. The first-order valence-electron chi connectivity index (χ1n) is 7.19. The molecule has 0 unspecified atom stereocenters. The van der Waals surface area contributed by atoms with Crippen LogP contribution >= 0.6 is 0 Å². The Morgan fingerprint density at radius 1 is 1.17 bits per heavy atom. The van der Waals surface area contributed by atoms with Crippen LogP contribution in [0.1, 0.15) is 16.1 Å². The van der Waals surface area contributed by atoms with Gasteiger partial charge in [-0.2, -0.15) is 4.98 Å². The van der Waals surface area contributed by atoms with Crippen molar-refractivity contribution in [2.24, 2.45) is 0 Å². The van der Waals surface area contributed by atoms with Crippen LogP contribution in [-0.2, 0) is 0 Å². The molecule has 3 aromatic rings. The van der Waals surface area contributed by atoms with Gasteiger partial charge in [0.25, 0.3) is 5.91 Å². The molecule has 0 radical (unpaired) electrons. The van der Waals surface area contributed by atoms with E-state index < -0.39 is 0 Å². The van der Waals surface area contributed by atoms with Gasteiger partial charge in [0.1, 0.15) is 5.75 Å². The minimum Gasteiger partial charge on any atom is -0.436 e. The molecule has 3 N–H and O–H groups in total. The molecular formula is C17H15N5O2. The van der Waals surface area contributed by atoms with E-state index in [-0.39, 0.29) is 17.6 Å². The topological polar surface area (TPSA) is 103 Å². The van der Waals surface area contributed by atoms with Crippen molar-refractivity contribution in [1.82, 2.24) is 15.0 Å². The van der Waals surface area contributed by atoms with Crippen LogP contribution < -0.4 is 15.8 Å². The van der Waals surface area contributed by atoms with Crippen LogP contribution in [0.4, 0.5) is 11.5 Å². The zero-order valence-corrected chi connectivity index (χ0v) is 12.9. The number of ether oxygens (including phenoxy) is 1. The zero-order valence-electron chi connectivity index (χ0n) is 12.9. The molecule has 1 aromatic carbocycles. The van der Waals surface area contributed by atoms with E-state index in [1.54, 1.807) is 36.5 Å². The second kappa shape index (κ2) is 6.74. The van der Waals surface area contributed by atoms with Crippen molar-refractivity contribution in [3.8, 4) is 11.6 Å². The van der Waals surface area contributed by atoms with Gasteiger partial charge in [0.15, 0.2) is 5.82 Å². The highest BCUT2D eigenvalue weighted by Crippen LogP contribution is 2.19. The first-order chi connectivity index (χ1) is 11.6. The number of nitrogens with one attached hydrogen (secondary N) is 1. The SMILES string of the molecule is Cc1ccc(Oc2cncc(NC(=O)c3cccc(N)c3)n2)cn1. The lowest BCUT2D eigenvalue weighted by Crippen LogP contribution is -2.13. The number of hydrogen-bond donors (Lipinski definition) is 2. The third kappa shape index (κ3) is 3.83. The van der Waals surface area contributed by atoms with Crippen LogP contribution in [0.5, 0.6) is 11.6 Å². The molecular weight excluding hydrogens is 306 g/mol. The molecule has 3 rings (SSSR count). The van der Waals surface area contributed by atoms with E-state index in [1.165, 1.54) is 12.4 Å². The fourth-order valence-corrected chi connectivity index (χ4v) is 1.96. The van der Waals surface area contributed by atoms with Crippen LogP contribution in [-0.4, -0.2) is 20.9 Å². The van der Waals surface area contributed by atoms with Gasteiger partial charge >= 0.3 is 0 Å². The van der Waals surface area contributed by atoms with Crippen molar-refractivity contribution in [2.75, 3.05) is 11.1 Å². The Bertz CT molecular complexity index is 865. The molecule has 0 aliphatic heterocycles. The van der Waals surface area contributed by atoms with Crippen molar-refractivity contribution >= 4 is 17.4 Å². The first-order valence-corrected chi connectivity index (χ1v) is 7.19. The number of benzene rings is 1. The monoisotopic (exact) mass is 321 g/mol. The van der Waals surface area contributed by atoms with Crippen molar-refractivity contribution < 1.29 is 9.53 Å². The van der Waals surface area contributed by atoms with E-state index in [1.807, 2.05) is 13.0 Å². The van der Waals surface area contributed by atoms with Crippen molar-refractivity contribution in [1.29, 1.82) is 0 Å². The van der Waals surface area contributed by atoms with Gasteiger partial charge in [-0.3, -0.25) is 14.8 Å². The van der Waals surface area contributed by atoms with Crippen LogP contribution in [0.25, 0.3) is 0 Å². The Kier molecular flexibility index (Phi) is 4.33. The molecule has 0 aliphatic carbocycles. The van der Waals surface area contributed by atoms with E-state index in [9.17, 15) is 4.79 Å². The number of hydrogen-bond acceptors (Lipinski definition) is 6. The maximum Gasteiger partial charge on any atom is 0.256 e. The summed E-state index contributed by atoms with van der Waals surface area (Å²) in [6.45, 7) is 1.88. The molecule has 2 heterocycles. The minimum absolute atomic E-state index is 0.256. The summed E-state index contributed by atoms with van der Waals surface area (Å²) in [7, 11) is 0. The number of aromatic nitrogens is 3. The molecule has 7 nitrogen and oxygen atoms in total. The van der Waals surface area contributed by atoms with Gasteiger partial charge in [-0.05, 0) is 37.3 Å². The lowest BCUT2D eigenvalue weighted by Gasteiger charge is -2.07. The van der Waals surface area contributed by atoms with Gasteiger partial charge in [-0.15, -0.1) is 0 Å². The molecule has 0 saturated carbocycles. The summed E-state index contributed by atoms with van der Waals surface area (Å²) in [5.41, 5.74) is 7.51. The predicted octanol–water partition coefficient (Wildman–Crippen LogP) is 2.81. The van der Waals surface area contributed by atoms with Crippen LogP contribution in [0.3, 0.4) is 0 Å². The summed E-state index contributed by atoms with van der Waals surface area (Å²) in [6.07, 6.45) is 4.48. The average Bonchev–Trinajstić information content (AvgIpc) is 2.57. The summed E-state index contributed by atoms with van der Waals surface area (Å²) >= 11 is 0. The minimum atomic E-state index is -0.328. The number of nitrogens with zero attached hydrogens (tertiary/aromatic N) is 3.